The molecule has 2 rings (SSSR count). The van der Waals surface area contributed by atoms with Crippen molar-refractivity contribution < 1.29 is 0 Å². The van der Waals surface area contributed by atoms with Gasteiger partial charge in [0.2, 0.25) is 0 Å². The van der Waals surface area contributed by atoms with Gasteiger partial charge in [0.05, 0.1) is 0 Å². The maximum absolute atomic E-state index is 3.66. The third kappa shape index (κ3) is 2.36. The van der Waals surface area contributed by atoms with Crippen molar-refractivity contribution in [3.63, 3.8) is 0 Å². The van der Waals surface area contributed by atoms with Crippen LogP contribution in [-0.2, 0) is 0 Å². The van der Waals surface area contributed by atoms with Gasteiger partial charge in [0.15, 0.2) is 0 Å². The zero-order valence-corrected chi connectivity index (χ0v) is 9.03. The SMILES string of the molecule is CC(C)N[C@@H](c1ccccc1)C1CC1. The minimum Gasteiger partial charge on any atom is -0.307 e. The summed E-state index contributed by atoms with van der Waals surface area (Å²) in [7, 11) is 0. The first-order valence-electron chi connectivity index (χ1n) is 5.58. The van der Waals surface area contributed by atoms with E-state index in [1.54, 1.807) is 0 Å². The molecule has 0 heterocycles. The normalized spacial score (nSPS) is 18.5. The number of nitrogens with one attached hydrogen (secondary N) is 1. The average Bonchev–Trinajstić information content (AvgIpc) is 2.99. The molecule has 0 aromatic heterocycles. The van der Waals surface area contributed by atoms with Gasteiger partial charge in [-0.1, -0.05) is 44.2 Å². The molecule has 0 amide bonds. The van der Waals surface area contributed by atoms with E-state index in [4.69, 9.17) is 0 Å². The second-order valence-corrected chi connectivity index (χ2v) is 4.55. The molecule has 0 radical (unpaired) electrons. The van der Waals surface area contributed by atoms with Crippen LogP contribution in [0.5, 0.6) is 0 Å². The van der Waals surface area contributed by atoms with Gasteiger partial charge in [-0.05, 0) is 24.3 Å². The average molecular weight is 189 g/mol. The van der Waals surface area contributed by atoms with E-state index in [0.29, 0.717) is 12.1 Å². The fourth-order valence-electron chi connectivity index (χ4n) is 1.95. The first-order chi connectivity index (χ1) is 6.77. The van der Waals surface area contributed by atoms with Crippen molar-refractivity contribution in [2.45, 2.75) is 38.8 Å². The molecule has 0 unspecified atom stereocenters. The molecular formula is C13H19N. The van der Waals surface area contributed by atoms with E-state index in [-0.39, 0.29) is 0 Å². The number of hydrogen-bond donors (Lipinski definition) is 1. The van der Waals surface area contributed by atoms with Crippen LogP contribution in [0, 0.1) is 5.92 Å². The van der Waals surface area contributed by atoms with Gasteiger partial charge in [0, 0.05) is 12.1 Å². The Balaban J connectivity index is 2.10. The van der Waals surface area contributed by atoms with E-state index >= 15 is 0 Å². The molecule has 1 atom stereocenters. The zero-order valence-electron chi connectivity index (χ0n) is 9.03. The van der Waals surface area contributed by atoms with Crippen molar-refractivity contribution in [3.05, 3.63) is 35.9 Å². The van der Waals surface area contributed by atoms with Crippen molar-refractivity contribution in [1.29, 1.82) is 0 Å². The van der Waals surface area contributed by atoms with Gasteiger partial charge in [-0.3, -0.25) is 0 Å². The summed E-state index contributed by atoms with van der Waals surface area (Å²) >= 11 is 0. The Morgan fingerprint density at radius 1 is 1.14 bits per heavy atom. The predicted molar refractivity (Wildman–Crippen MR) is 60.2 cm³/mol. The van der Waals surface area contributed by atoms with Crippen LogP contribution in [0.25, 0.3) is 0 Å². The van der Waals surface area contributed by atoms with Gasteiger partial charge >= 0.3 is 0 Å². The number of benzene rings is 1. The Hall–Kier alpha value is -0.820. The monoisotopic (exact) mass is 189 g/mol. The molecule has 1 aliphatic carbocycles. The predicted octanol–water partition coefficient (Wildman–Crippen LogP) is 3.14. The van der Waals surface area contributed by atoms with E-state index in [2.05, 4.69) is 49.5 Å². The van der Waals surface area contributed by atoms with Gasteiger partial charge < -0.3 is 5.32 Å². The molecule has 1 aliphatic rings. The van der Waals surface area contributed by atoms with E-state index < -0.39 is 0 Å². The van der Waals surface area contributed by atoms with E-state index in [0.717, 1.165) is 5.92 Å². The second kappa shape index (κ2) is 4.14. The highest BCUT2D eigenvalue weighted by atomic mass is 15.0. The summed E-state index contributed by atoms with van der Waals surface area (Å²) in [5.74, 6) is 0.875. The zero-order chi connectivity index (χ0) is 9.97. The maximum Gasteiger partial charge on any atom is 0.0350 e. The summed E-state index contributed by atoms with van der Waals surface area (Å²) in [5.41, 5.74) is 1.45. The summed E-state index contributed by atoms with van der Waals surface area (Å²) in [5, 5.41) is 3.66. The third-order valence-electron chi connectivity index (χ3n) is 2.76. The highest BCUT2D eigenvalue weighted by molar-refractivity contribution is 5.21. The van der Waals surface area contributed by atoms with Crippen molar-refractivity contribution in [2.24, 2.45) is 5.92 Å². The third-order valence-corrected chi connectivity index (χ3v) is 2.76. The van der Waals surface area contributed by atoms with Gasteiger partial charge in [0.25, 0.3) is 0 Å². The molecule has 1 N–H and O–H groups in total. The Morgan fingerprint density at radius 2 is 1.79 bits per heavy atom. The summed E-state index contributed by atoms with van der Waals surface area (Å²) in [6, 6.07) is 12.0. The summed E-state index contributed by atoms with van der Waals surface area (Å²) in [6.07, 6.45) is 2.78. The highest BCUT2D eigenvalue weighted by Gasteiger charge is 2.32. The smallest absolute Gasteiger partial charge is 0.0350 e. The van der Waals surface area contributed by atoms with Crippen LogP contribution in [0.3, 0.4) is 0 Å². The van der Waals surface area contributed by atoms with Crippen molar-refractivity contribution in [2.75, 3.05) is 0 Å². The van der Waals surface area contributed by atoms with E-state index in [1.165, 1.54) is 18.4 Å². The molecule has 14 heavy (non-hydrogen) atoms. The Kier molecular flexibility index (Phi) is 2.87. The van der Waals surface area contributed by atoms with Crippen LogP contribution in [-0.4, -0.2) is 6.04 Å². The summed E-state index contributed by atoms with van der Waals surface area (Å²) in [4.78, 5) is 0. The lowest BCUT2D eigenvalue weighted by Crippen LogP contribution is -2.29. The largest absolute Gasteiger partial charge is 0.307 e. The molecule has 1 fully saturated rings. The van der Waals surface area contributed by atoms with Crippen LogP contribution < -0.4 is 5.32 Å². The number of hydrogen-bond acceptors (Lipinski definition) is 1. The van der Waals surface area contributed by atoms with Gasteiger partial charge in [-0.15, -0.1) is 0 Å². The minimum absolute atomic E-state index is 0.570. The fraction of sp³-hybridized carbons (Fsp3) is 0.538. The van der Waals surface area contributed by atoms with E-state index in [1.807, 2.05) is 0 Å². The lowest BCUT2D eigenvalue weighted by molar-refractivity contribution is 0.436. The van der Waals surface area contributed by atoms with Crippen LogP contribution in [0.4, 0.5) is 0 Å². The Morgan fingerprint density at radius 3 is 2.29 bits per heavy atom. The molecule has 1 heteroatoms. The molecule has 1 aromatic carbocycles. The molecule has 1 nitrogen and oxygen atoms in total. The maximum atomic E-state index is 3.66. The first kappa shape index (κ1) is 9.72. The quantitative estimate of drug-likeness (QED) is 0.767. The molecule has 76 valence electrons. The second-order valence-electron chi connectivity index (χ2n) is 4.55. The number of rotatable bonds is 4. The molecule has 0 bridgehead atoms. The first-order valence-corrected chi connectivity index (χ1v) is 5.58. The molecule has 0 spiro atoms. The molecule has 1 aromatic rings. The van der Waals surface area contributed by atoms with Crippen molar-refractivity contribution in [3.8, 4) is 0 Å². The van der Waals surface area contributed by atoms with Crippen molar-refractivity contribution in [1.82, 2.24) is 5.32 Å². The molecule has 0 saturated heterocycles. The topological polar surface area (TPSA) is 12.0 Å². The molecule has 1 saturated carbocycles. The van der Waals surface area contributed by atoms with Gasteiger partial charge in [0.1, 0.15) is 0 Å². The van der Waals surface area contributed by atoms with E-state index in [9.17, 15) is 0 Å². The van der Waals surface area contributed by atoms with Crippen LogP contribution >= 0.6 is 0 Å². The van der Waals surface area contributed by atoms with Crippen LogP contribution in [0.2, 0.25) is 0 Å². The van der Waals surface area contributed by atoms with Crippen molar-refractivity contribution >= 4 is 0 Å². The van der Waals surface area contributed by atoms with Gasteiger partial charge in [-0.25, -0.2) is 0 Å². The lowest BCUT2D eigenvalue weighted by Gasteiger charge is -2.21. The fourth-order valence-corrected chi connectivity index (χ4v) is 1.95. The molecule has 0 aliphatic heterocycles. The summed E-state index contributed by atoms with van der Waals surface area (Å²) < 4.78 is 0. The lowest BCUT2D eigenvalue weighted by atomic mass is 10.0. The highest BCUT2D eigenvalue weighted by Crippen LogP contribution is 2.41. The summed E-state index contributed by atoms with van der Waals surface area (Å²) in [6.45, 7) is 4.44. The van der Waals surface area contributed by atoms with Crippen LogP contribution in [0.1, 0.15) is 38.3 Å². The Bertz CT molecular complexity index is 275. The minimum atomic E-state index is 0.570. The molecular weight excluding hydrogens is 170 g/mol. The van der Waals surface area contributed by atoms with Crippen LogP contribution in [0.15, 0.2) is 30.3 Å². The Labute approximate surface area is 86.5 Å². The standard InChI is InChI=1S/C13H19N/c1-10(2)14-13(12-8-9-12)11-6-4-3-5-7-11/h3-7,10,12-14H,8-9H2,1-2H3/t13-/m0/s1. The van der Waals surface area contributed by atoms with Gasteiger partial charge in [-0.2, -0.15) is 0 Å².